The van der Waals surface area contributed by atoms with Crippen LogP contribution in [0.2, 0.25) is 0 Å². The zero-order valence-corrected chi connectivity index (χ0v) is 16.3. The van der Waals surface area contributed by atoms with E-state index in [2.05, 4.69) is 9.97 Å². The van der Waals surface area contributed by atoms with Gasteiger partial charge in [-0.05, 0) is 23.3 Å². The summed E-state index contributed by atoms with van der Waals surface area (Å²) in [6.07, 6.45) is 3.37. The van der Waals surface area contributed by atoms with Crippen molar-refractivity contribution in [1.29, 1.82) is 5.26 Å². The largest absolute Gasteiger partial charge is 0.484 e. The summed E-state index contributed by atoms with van der Waals surface area (Å²) in [5.41, 5.74) is 2.37. The SMILES string of the molecule is N#Cc1nccnc1OC1CCN(C(=O)COc2ccc(-c3ccccc3)cc2)C1. The highest BCUT2D eigenvalue weighted by Gasteiger charge is 2.28. The molecule has 0 aliphatic carbocycles. The molecule has 1 fully saturated rings. The van der Waals surface area contributed by atoms with Crippen LogP contribution in [0.4, 0.5) is 0 Å². The molecule has 1 aromatic heterocycles. The molecule has 1 saturated heterocycles. The first kappa shape index (κ1) is 19.4. The summed E-state index contributed by atoms with van der Waals surface area (Å²) < 4.78 is 11.4. The zero-order chi connectivity index (χ0) is 20.8. The second-order valence-electron chi connectivity index (χ2n) is 6.87. The van der Waals surface area contributed by atoms with E-state index < -0.39 is 0 Å². The Labute approximate surface area is 174 Å². The van der Waals surface area contributed by atoms with Crippen molar-refractivity contribution in [2.24, 2.45) is 0 Å². The first-order valence-electron chi connectivity index (χ1n) is 9.67. The predicted molar refractivity (Wildman–Crippen MR) is 110 cm³/mol. The minimum atomic E-state index is -0.220. The van der Waals surface area contributed by atoms with Crippen molar-refractivity contribution in [1.82, 2.24) is 14.9 Å². The lowest BCUT2D eigenvalue weighted by Crippen LogP contribution is -2.34. The Morgan fingerprint density at radius 1 is 1.07 bits per heavy atom. The Morgan fingerprint density at radius 2 is 1.80 bits per heavy atom. The van der Waals surface area contributed by atoms with E-state index in [0.717, 1.165) is 11.1 Å². The third-order valence-corrected chi connectivity index (χ3v) is 4.87. The monoisotopic (exact) mass is 400 g/mol. The standard InChI is InChI=1S/C23H20N4O3/c24-14-21-23(26-12-11-25-21)30-20-10-13-27(15-20)22(28)16-29-19-8-6-18(7-9-19)17-4-2-1-3-5-17/h1-9,11-12,20H,10,13,15-16H2. The number of rotatable bonds is 6. The number of ether oxygens (including phenoxy) is 2. The van der Waals surface area contributed by atoms with Gasteiger partial charge in [-0.15, -0.1) is 0 Å². The number of carbonyl (C=O) groups excluding carboxylic acids is 1. The Bertz CT molecular complexity index is 1050. The lowest BCUT2D eigenvalue weighted by atomic mass is 10.1. The predicted octanol–water partition coefficient (Wildman–Crippen LogP) is 3.07. The molecule has 0 N–H and O–H groups in total. The molecule has 0 bridgehead atoms. The topological polar surface area (TPSA) is 88.3 Å². The average molecular weight is 400 g/mol. The first-order chi connectivity index (χ1) is 14.7. The van der Waals surface area contributed by atoms with Gasteiger partial charge >= 0.3 is 0 Å². The van der Waals surface area contributed by atoms with Crippen molar-refractivity contribution in [2.75, 3.05) is 19.7 Å². The van der Waals surface area contributed by atoms with Crippen LogP contribution in [0.3, 0.4) is 0 Å². The van der Waals surface area contributed by atoms with Gasteiger partial charge in [-0.3, -0.25) is 4.79 Å². The van der Waals surface area contributed by atoms with Crippen LogP contribution in [0.15, 0.2) is 67.0 Å². The summed E-state index contributed by atoms with van der Waals surface area (Å²) >= 11 is 0. The van der Waals surface area contributed by atoms with Crippen LogP contribution in [0.5, 0.6) is 11.6 Å². The molecule has 7 heteroatoms. The third kappa shape index (κ3) is 4.55. The fraction of sp³-hybridized carbons (Fsp3) is 0.217. The minimum Gasteiger partial charge on any atom is -0.484 e. The van der Waals surface area contributed by atoms with Gasteiger partial charge < -0.3 is 14.4 Å². The van der Waals surface area contributed by atoms with E-state index in [1.54, 1.807) is 4.90 Å². The molecule has 1 aliphatic heterocycles. The highest BCUT2D eigenvalue weighted by atomic mass is 16.5. The van der Waals surface area contributed by atoms with Gasteiger partial charge in [0.15, 0.2) is 6.61 Å². The fourth-order valence-corrected chi connectivity index (χ4v) is 3.31. The maximum absolute atomic E-state index is 12.5. The lowest BCUT2D eigenvalue weighted by molar-refractivity contribution is -0.132. The smallest absolute Gasteiger partial charge is 0.260 e. The van der Waals surface area contributed by atoms with Crippen molar-refractivity contribution in [2.45, 2.75) is 12.5 Å². The number of likely N-dealkylation sites (tertiary alicyclic amines) is 1. The Balaban J connectivity index is 1.28. The fourth-order valence-electron chi connectivity index (χ4n) is 3.31. The molecule has 2 aromatic carbocycles. The Kier molecular flexibility index (Phi) is 5.85. The summed E-state index contributed by atoms with van der Waals surface area (Å²) in [7, 11) is 0. The van der Waals surface area contributed by atoms with Crippen molar-refractivity contribution >= 4 is 5.91 Å². The first-order valence-corrected chi connectivity index (χ1v) is 9.67. The van der Waals surface area contributed by atoms with E-state index in [0.29, 0.717) is 25.3 Å². The molecule has 0 radical (unpaired) electrons. The molecule has 1 unspecified atom stereocenters. The number of amides is 1. The van der Waals surface area contributed by atoms with Crippen molar-refractivity contribution in [3.05, 3.63) is 72.7 Å². The van der Waals surface area contributed by atoms with Gasteiger partial charge in [0.2, 0.25) is 5.69 Å². The molecular formula is C23H20N4O3. The van der Waals surface area contributed by atoms with Gasteiger partial charge in [0, 0.05) is 25.4 Å². The van der Waals surface area contributed by atoms with Gasteiger partial charge in [0.05, 0.1) is 6.54 Å². The quantitative estimate of drug-likeness (QED) is 0.632. The zero-order valence-electron chi connectivity index (χ0n) is 16.3. The van der Waals surface area contributed by atoms with Crippen LogP contribution in [0, 0.1) is 11.3 Å². The van der Waals surface area contributed by atoms with Crippen LogP contribution in [0.25, 0.3) is 11.1 Å². The van der Waals surface area contributed by atoms with E-state index in [9.17, 15) is 4.79 Å². The summed E-state index contributed by atoms with van der Waals surface area (Å²) in [6, 6.07) is 19.7. The van der Waals surface area contributed by atoms with Crippen LogP contribution >= 0.6 is 0 Å². The molecule has 1 atom stereocenters. The molecular weight excluding hydrogens is 380 g/mol. The molecule has 3 aromatic rings. The number of nitrogens with zero attached hydrogens (tertiary/aromatic N) is 4. The molecule has 2 heterocycles. The molecule has 0 saturated carbocycles. The summed E-state index contributed by atoms with van der Waals surface area (Å²) in [6.45, 7) is 0.963. The van der Waals surface area contributed by atoms with Crippen molar-refractivity contribution in [3.63, 3.8) is 0 Å². The number of carbonyl (C=O) groups is 1. The molecule has 4 rings (SSSR count). The minimum absolute atomic E-state index is 0.0357. The van der Waals surface area contributed by atoms with E-state index in [1.807, 2.05) is 60.7 Å². The average Bonchev–Trinajstić information content (AvgIpc) is 3.27. The van der Waals surface area contributed by atoms with Crippen molar-refractivity contribution in [3.8, 4) is 28.8 Å². The number of benzene rings is 2. The van der Waals surface area contributed by atoms with Gasteiger partial charge in [0.1, 0.15) is 17.9 Å². The number of hydrogen-bond donors (Lipinski definition) is 0. The van der Waals surface area contributed by atoms with Crippen molar-refractivity contribution < 1.29 is 14.3 Å². The van der Waals surface area contributed by atoms with E-state index in [4.69, 9.17) is 14.7 Å². The number of aromatic nitrogens is 2. The number of nitriles is 1. The Morgan fingerprint density at radius 3 is 2.57 bits per heavy atom. The summed E-state index contributed by atoms with van der Waals surface area (Å²) in [4.78, 5) is 22.2. The lowest BCUT2D eigenvalue weighted by Gasteiger charge is -2.17. The van der Waals surface area contributed by atoms with E-state index in [1.165, 1.54) is 12.4 Å². The Hall–Kier alpha value is -3.92. The second-order valence-corrected chi connectivity index (χ2v) is 6.87. The van der Waals surface area contributed by atoms with Gasteiger partial charge in [0.25, 0.3) is 11.8 Å². The van der Waals surface area contributed by atoms with E-state index in [-0.39, 0.29) is 30.2 Å². The van der Waals surface area contributed by atoms with Gasteiger partial charge in [-0.2, -0.15) is 5.26 Å². The van der Waals surface area contributed by atoms with Crippen LogP contribution in [-0.2, 0) is 4.79 Å². The maximum Gasteiger partial charge on any atom is 0.260 e. The van der Waals surface area contributed by atoms with Crippen LogP contribution in [-0.4, -0.2) is 46.6 Å². The highest BCUT2D eigenvalue weighted by molar-refractivity contribution is 5.78. The molecule has 30 heavy (non-hydrogen) atoms. The van der Waals surface area contributed by atoms with Crippen LogP contribution in [0.1, 0.15) is 12.1 Å². The third-order valence-electron chi connectivity index (χ3n) is 4.87. The molecule has 7 nitrogen and oxygen atoms in total. The number of hydrogen-bond acceptors (Lipinski definition) is 6. The summed E-state index contributed by atoms with van der Waals surface area (Å²) in [5, 5.41) is 9.08. The van der Waals surface area contributed by atoms with E-state index >= 15 is 0 Å². The molecule has 1 aliphatic rings. The molecule has 1 amide bonds. The van der Waals surface area contributed by atoms with Gasteiger partial charge in [-0.1, -0.05) is 42.5 Å². The van der Waals surface area contributed by atoms with Crippen LogP contribution < -0.4 is 9.47 Å². The summed E-state index contributed by atoms with van der Waals surface area (Å²) in [5.74, 6) is 0.746. The molecule has 150 valence electrons. The normalized spacial score (nSPS) is 15.4. The maximum atomic E-state index is 12.5. The molecule has 0 spiro atoms. The second kappa shape index (κ2) is 9.05. The van der Waals surface area contributed by atoms with Gasteiger partial charge in [-0.25, -0.2) is 9.97 Å². The highest BCUT2D eigenvalue weighted by Crippen LogP contribution is 2.22.